The third-order valence-electron chi connectivity index (χ3n) is 4.24. The molecule has 0 aliphatic heterocycles. The minimum atomic E-state index is -0.593. The van der Waals surface area contributed by atoms with E-state index in [0.29, 0.717) is 24.0 Å². The SMILES string of the molecule is COC(=O)Nc1cn2nc(OCc3cc(OC)cc4ccccc34)ccc2n1. The molecule has 4 rings (SSSR count). The van der Waals surface area contributed by atoms with Gasteiger partial charge in [0.05, 0.1) is 20.4 Å². The van der Waals surface area contributed by atoms with Crippen LogP contribution >= 0.6 is 0 Å². The molecule has 2 heterocycles. The Morgan fingerprint density at radius 1 is 1.14 bits per heavy atom. The molecule has 0 bridgehead atoms. The zero-order chi connectivity index (χ0) is 19.5. The van der Waals surface area contributed by atoms with Gasteiger partial charge in [0.15, 0.2) is 11.5 Å². The summed E-state index contributed by atoms with van der Waals surface area (Å²) in [5, 5.41) is 9.05. The number of hydrogen-bond acceptors (Lipinski definition) is 6. The highest BCUT2D eigenvalue weighted by Gasteiger charge is 2.09. The van der Waals surface area contributed by atoms with Crippen LogP contribution in [0.2, 0.25) is 0 Å². The standard InChI is InChI=1S/C20H18N4O4/c1-26-15-9-13-5-3-4-6-16(13)14(10-15)12-28-19-8-7-18-21-17(11-24(18)23-19)22-20(25)27-2/h3-11H,12H2,1-2H3,(H,22,25). The molecule has 0 aliphatic carbocycles. The third kappa shape index (κ3) is 3.52. The van der Waals surface area contributed by atoms with Crippen LogP contribution in [-0.2, 0) is 11.3 Å². The molecule has 0 radical (unpaired) electrons. The Balaban J connectivity index is 1.57. The van der Waals surface area contributed by atoms with Crippen LogP contribution in [0.1, 0.15) is 5.56 Å². The number of nitrogens with zero attached hydrogens (tertiary/aromatic N) is 3. The van der Waals surface area contributed by atoms with E-state index in [1.807, 2.05) is 36.4 Å². The van der Waals surface area contributed by atoms with Crippen LogP contribution in [0.4, 0.5) is 10.6 Å². The predicted octanol–water partition coefficient (Wildman–Crippen LogP) is 3.65. The highest BCUT2D eigenvalue weighted by Crippen LogP contribution is 2.26. The molecule has 0 saturated heterocycles. The van der Waals surface area contributed by atoms with E-state index in [0.717, 1.165) is 22.1 Å². The molecule has 0 spiro atoms. The fraction of sp³-hybridized carbons (Fsp3) is 0.150. The molecule has 1 amide bonds. The van der Waals surface area contributed by atoms with Crippen molar-refractivity contribution < 1.29 is 19.0 Å². The Kier molecular flexibility index (Phi) is 4.67. The van der Waals surface area contributed by atoms with E-state index in [1.165, 1.54) is 11.6 Å². The number of rotatable bonds is 5. The average Bonchev–Trinajstić information content (AvgIpc) is 3.12. The molecule has 0 unspecified atom stereocenters. The minimum absolute atomic E-state index is 0.332. The quantitative estimate of drug-likeness (QED) is 0.570. The zero-order valence-corrected chi connectivity index (χ0v) is 15.4. The van der Waals surface area contributed by atoms with Crippen LogP contribution in [0.3, 0.4) is 0 Å². The van der Waals surface area contributed by atoms with Gasteiger partial charge in [-0.2, -0.15) is 0 Å². The number of fused-ring (bicyclic) bond motifs is 2. The van der Waals surface area contributed by atoms with Crippen molar-refractivity contribution in [2.75, 3.05) is 19.5 Å². The molecule has 2 aromatic carbocycles. The molecule has 8 heteroatoms. The van der Waals surface area contributed by atoms with E-state index in [1.54, 1.807) is 25.4 Å². The smallest absolute Gasteiger partial charge is 0.412 e. The van der Waals surface area contributed by atoms with Crippen molar-refractivity contribution >= 4 is 28.3 Å². The van der Waals surface area contributed by atoms with Crippen molar-refractivity contribution in [3.8, 4) is 11.6 Å². The number of nitrogens with one attached hydrogen (secondary N) is 1. The first-order valence-corrected chi connectivity index (χ1v) is 8.56. The first-order valence-electron chi connectivity index (χ1n) is 8.56. The van der Waals surface area contributed by atoms with E-state index in [-0.39, 0.29) is 0 Å². The summed E-state index contributed by atoms with van der Waals surface area (Å²) in [6, 6.07) is 15.5. The largest absolute Gasteiger partial charge is 0.497 e. The molecular formula is C20H18N4O4. The fourth-order valence-electron chi connectivity index (χ4n) is 2.91. The van der Waals surface area contributed by atoms with Crippen LogP contribution in [0.15, 0.2) is 54.7 Å². The van der Waals surface area contributed by atoms with Gasteiger partial charge in [0.25, 0.3) is 0 Å². The van der Waals surface area contributed by atoms with Crippen LogP contribution in [0, 0.1) is 0 Å². The second kappa shape index (κ2) is 7.43. The first kappa shape index (κ1) is 17.6. The molecule has 8 nitrogen and oxygen atoms in total. The molecular weight excluding hydrogens is 360 g/mol. The summed E-state index contributed by atoms with van der Waals surface area (Å²) in [6.07, 6.45) is 0.991. The number of methoxy groups -OCH3 is 2. The van der Waals surface area contributed by atoms with Crippen molar-refractivity contribution in [2.24, 2.45) is 0 Å². The summed E-state index contributed by atoms with van der Waals surface area (Å²) in [6.45, 7) is 0.332. The van der Waals surface area contributed by atoms with Gasteiger partial charge in [-0.1, -0.05) is 24.3 Å². The van der Waals surface area contributed by atoms with Crippen molar-refractivity contribution in [1.29, 1.82) is 0 Å². The number of carbonyl (C=O) groups is 1. The van der Waals surface area contributed by atoms with Gasteiger partial charge in [-0.05, 0) is 29.0 Å². The second-order valence-electron chi connectivity index (χ2n) is 6.01. The Labute approximate surface area is 160 Å². The lowest BCUT2D eigenvalue weighted by atomic mass is 10.0. The van der Waals surface area contributed by atoms with Gasteiger partial charge in [0, 0.05) is 11.6 Å². The second-order valence-corrected chi connectivity index (χ2v) is 6.01. The lowest BCUT2D eigenvalue weighted by Gasteiger charge is -2.11. The van der Waals surface area contributed by atoms with Gasteiger partial charge in [0.1, 0.15) is 12.4 Å². The number of ether oxygens (including phenoxy) is 3. The molecule has 4 aromatic rings. The van der Waals surface area contributed by atoms with Gasteiger partial charge in [0.2, 0.25) is 5.88 Å². The molecule has 0 atom stereocenters. The van der Waals surface area contributed by atoms with E-state index in [2.05, 4.69) is 20.1 Å². The maximum absolute atomic E-state index is 11.3. The van der Waals surface area contributed by atoms with E-state index < -0.39 is 6.09 Å². The van der Waals surface area contributed by atoms with E-state index in [4.69, 9.17) is 9.47 Å². The Morgan fingerprint density at radius 3 is 2.82 bits per heavy atom. The van der Waals surface area contributed by atoms with Gasteiger partial charge in [-0.25, -0.2) is 14.3 Å². The highest BCUT2D eigenvalue weighted by atomic mass is 16.5. The highest BCUT2D eigenvalue weighted by molar-refractivity contribution is 5.87. The van der Waals surface area contributed by atoms with Crippen molar-refractivity contribution in [2.45, 2.75) is 6.61 Å². The number of amides is 1. The summed E-state index contributed by atoms with van der Waals surface area (Å²) < 4.78 is 17.4. The predicted molar refractivity (Wildman–Crippen MR) is 104 cm³/mol. The Morgan fingerprint density at radius 2 is 2.00 bits per heavy atom. The fourth-order valence-corrected chi connectivity index (χ4v) is 2.91. The maximum Gasteiger partial charge on any atom is 0.412 e. The molecule has 0 fully saturated rings. The van der Waals surface area contributed by atoms with E-state index >= 15 is 0 Å². The van der Waals surface area contributed by atoms with Crippen molar-refractivity contribution in [3.05, 3.63) is 60.3 Å². The molecule has 2 aromatic heterocycles. The lowest BCUT2D eigenvalue weighted by molar-refractivity contribution is 0.187. The topological polar surface area (TPSA) is 87.0 Å². The number of hydrogen-bond donors (Lipinski definition) is 1. The summed E-state index contributed by atoms with van der Waals surface area (Å²) in [7, 11) is 2.93. The number of anilines is 1. The lowest BCUT2D eigenvalue weighted by Crippen LogP contribution is -2.10. The number of aromatic nitrogens is 3. The maximum atomic E-state index is 11.3. The Hall–Kier alpha value is -3.81. The molecule has 28 heavy (non-hydrogen) atoms. The summed E-state index contributed by atoms with van der Waals surface area (Å²) in [5.74, 6) is 1.55. The van der Waals surface area contributed by atoms with Gasteiger partial charge >= 0.3 is 6.09 Å². The van der Waals surface area contributed by atoms with Crippen LogP contribution in [0.25, 0.3) is 16.4 Å². The number of benzene rings is 2. The van der Waals surface area contributed by atoms with Crippen LogP contribution in [-0.4, -0.2) is 34.9 Å². The number of imidazole rings is 1. The van der Waals surface area contributed by atoms with Gasteiger partial charge in [-0.15, -0.1) is 5.10 Å². The summed E-state index contributed by atoms with van der Waals surface area (Å²) in [4.78, 5) is 15.5. The van der Waals surface area contributed by atoms with Crippen LogP contribution in [0.5, 0.6) is 11.6 Å². The van der Waals surface area contributed by atoms with Gasteiger partial charge in [-0.3, -0.25) is 5.32 Å². The summed E-state index contributed by atoms with van der Waals surface area (Å²) >= 11 is 0. The van der Waals surface area contributed by atoms with Crippen molar-refractivity contribution in [3.63, 3.8) is 0 Å². The molecule has 1 N–H and O–H groups in total. The zero-order valence-electron chi connectivity index (χ0n) is 15.4. The number of carbonyl (C=O) groups excluding carboxylic acids is 1. The average molecular weight is 378 g/mol. The van der Waals surface area contributed by atoms with Crippen molar-refractivity contribution in [1.82, 2.24) is 14.6 Å². The molecule has 0 saturated carbocycles. The Bertz CT molecular complexity index is 1160. The minimum Gasteiger partial charge on any atom is -0.497 e. The van der Waals surface area contributed by atoms with Gasteiger partial charge < -0.3 is 14.2 Å². The van der Waals surface area contributed by atoms with E-state index in [9.17, 15) is 4.79 Å². The molecule has 142 valence electrons. The summed E-state index contributed by atoms with van der Waals surface area (Å²) in [5.41, 5.74) is 1.57. The normalized spacial score (nSPS) is 10.8. The first-order chi connectivity index (χ1) is 13.7. The molecule has 0 aliphatic rings. The monoisotopic (exact) mass is 378 g/mol. The third-order valence-corrected chi connectivity index (χ3v) is 4.24. The van der Waals surface area contributed by atoms with Crippen LogP contribution < -0.4 is 14.8 Å².